The Labute approximate surface area is 206 Å². The maximum absolute atomic E-state index is 3.68. The Morgan fingerprint density at radius 1 is 0.371 bits per heavy atom. The number of nitrogens with one attached hydrogen (secondary N) is 1. The van der Waals surface area contributed by atoms with Crippen molar-refractivity contribution in [3.05, 3.63) is 146 Å². The van der Waals surface area contributed by atoms with Gasteiger partial charge in [0, 0.05) is 16.9 Å². The van der Waals surface area contributed by atoms with Crippen molar-refractivity contribution in [1.29, 1.82) is 0 Å². The third-order valence-electron chi connectivity index (χ3n) is 6.47. The molecular formula is C34H25N. The van der Waals surface area contributed by atoms with E-state index in [0.717, 1.165) is 11.4 Å². The standard InChI is InChI=1S/C34H25N/c1-2-10-25(11-3-1)26-20-22-28(23-21-26)33-17-6-7-19-34(33)35-30-15-8-14-29(24-30)32-18-9-13-27-12-4-5-16-31(27)32/h1-24,35H. The van der Waals surface area contributed by atoms with Crippen LogP contribution in [0, 0.1) is 0 Å². The molecule has 6 aromatic carbocycles. The van der Waals surface area contributed by atoms with Gasteiger partial charge in [-0.3, -0.25) is 0 Å². The lowest BCUT2D eigenvalue weighted by Gasteiger charge is -2.14. The van der Waals surface area contributed by atoms with Crippen LogP contribution in [0.25, 0.3) is 44.2 Å². The first-order valence-corrected chi connectivity index (χ1v) is 12.0. The number of rotatable bonds is 5. The molecule has 0 aliphatic carbocycles. The summed E-state index contributed by atoms with van der Waals surface area (Å²) in [4.78, 5) is 0. The van der Waals surface area contributed by atoms with Crippen molar-refractivity contribution in [3.63, 3.8) is 0 Å². The molecule has 166 valence electrons. The number of hydrogen-bond donors (Lipinski definition) is 1. The highest BCUT2D eigenvalue weighted by Crippen LogP contribution is 2.34. The van der Waals surface area contributed by atoms with E-state index in [4.69, 9.17) is 0 Å². The van der Waals surface area contributed by atoms with Gasteiger partial charge in [-0.15, -0.1) is 0 Å². The van der Waals surface area contributed by atoms with E-state index in [1.54, 1.807) is 0 Å². The van der Waals surface area contributed by atoms with Crippen LogP contribution in [-0.4, -0.2) is 0 Å². The van der Waals surface area contributed by atoms with E-state index in [-0.39, 0.29) is 0 Å². The Morgan fingerprint density at radius 3 is 1.86 bits per heavy atom. The monoisotopic (exact) mass is 447 g/mol. The van der Waals surface area contributed by atoms with E-state index in [9.17, 15) is 0 Å². The first-order chi connectivity index (χ1) is 17.3. The summed E-state index contributed by atoms with van der Waals surface area (Å²) in [5.41, 5.74) is 9.45. The zero-order chi connectivity index (χ0) is 23.5. The third kappa shape index (κ3) is 4.32. The summed E-state index contributed by atoms with van der Waals surface area (Å²) in [5.74, 6) is 0. The van der Waals surface area contributed by atoms with Crippen molar-refractivity contribution >= 4 is 22.1 Å². The first-order valence-electron chi connectivity index (χ1n) is 12.0. The molecule has 35 heavy (non-hydrogen) atoms. The van der Waals surface area contributed by atoms with Gasteiger partial charge < -0.3 is 5.32 Å². The average molecular weight is 448 g/mol. The highest BCUT2D eigenvalue weighted by Gasteiger charge is 2.08. The zero-order valence-corrected chi connectivity index (χ0v) is 19.4. The molecule has 0 spiro atoms. The molecule has 0 amide bonds. The van der Waals surface area contributed by atoms with Gasteiger partial charge in [-0.25, -0.2) is 0 Å². The van der Waals surface area contributed by atoms with Gasteiger partial charge in [0.1, 0.15) is 0 Å². The lowest BCUT2D eigenvalue weighted by molar-refractivity contribution is 1.53. The molecule has 1 heteroatoms. The molecule has 6 rings (SSSR count). The lowest BCUT2D eigenvalue weighted by Crippen LogP contribution is -1.94. The predicted molar refractivity (Wildman–Crippen MR) is 150 cm³/mol. The van der Waals surface area contributed by atoms with Crippen molar-refractivity contribution in [2.75, 3.05) is 5.32 Å². The Bertz CT molecular complexity index is 1590. The van der Waals surface area contributed by atoms with Crippen LogP contribution in [0.2, 0.25) is 0 Å². The largest absolute Gasteiger partial charge is 0.355 e. The topological polar surface area (TPSA) is 12.0 Å². The minimum absolute atomic E-state index is 1.07. The molecule has 0 saturated carbocycles. The van der Waals surface area contributed by atoms with Crippen molar-refractivity contribution < 1.29 is 0 Å². The summed E-state index contributed by atoms with van der Waals surface area (Å²) in [5, 5.41) is 6.20. The highest BCUT2D eigenvalue weighted by molar-refractivity contribution is 5.97. The minimum atomic E-state index is 1.07. The second kappa shape index (κ2) is 9.32. The molecule has 0 bridgehead atoms. The van der Waals surface area contributed by atoms with Crippen LogP contribution < -0.4 is 5.32 Å². The molecule has 0 fully saturated rings. The fourth-order valence-corrected chi connectivity index (χ4v) is 4.71. The van der Waals surface area contributed by atoms with Crippen molar-refractivity contribution in [2.45, 2.75) is 0 Å². The molecule has 1 N–H and O–H groups in total. The first kappa shape index (κ1) is 20.9. The van der Waals surface area contributed by atoms with Gasteiger partial charge in [0.2, 0.25) is 0 Å². The van der Waals surface area contributed by atoms with E-state index >= 15 is 0 Å². The van der Waals surface area contributed by atoms with Gasteiger partial charge >= 0.3 is 0 Å². The number of anilines is 2. The fourth-order valence-electron chi connectivity index (χ4n) is 4.71. The third-order valence-corrected chi connectivity index (χ3v) is 6.47. The van der Waals surface area contributed by atoms with E-state index in [0.29, 0.717) is 0 Å². The minimum Gasteiger partial charge on any atom is -0.355 e. The van der Waals surface area contributed by atoms with E-state index in [1.807, 2.05) is 0 Å². The van der Waals surface area contributed by atoms with Crippen LogP contribution in [-0.2, 0) is 0 Å². The summed E-state index contributed by atoms with van der Waals surface area (Å²) in [6.45, 7) is 0. The van der Waals surface area contributed by atoms with Crippen LogP contribution in [0.15, 0.2) is 146 Å². The molecule has 0 unspecified atom stereocenters. The normalized spacial score (nSPS) is 10.9. The smallest absolute Gasteiger partial charge is 0.0463 e. The van der Waals surface area contributed by atoms with E-state index in [2.05, 4.69) is 151 Å². The van der Waals surface area contributed by atoms with Gasteiger partial charge in [-0.05, 0) is 56.8 Å². The molecular weight excluding hydrogens is 422 g/mol. The van der Waals surface area contributed by atoms with Crippen LogP contribution in [0.3, 0.4) is 0 Å². The maximum Gasteiger partial charge on any atom is 0.0463 e. The van der Waals surface area contributed by atoms with Crippen LogP contribution in [0.5, 0.6) is 0 Å². The molecule has 0 radical (unpaired) electrons. The summed E-state index contributed by atoms with van der Waals surface area (Å²) in [6.07, 6.45) is 0. The number of hydrogen-bond acceptors (Lipinski definition) is 1. The van der Waals surface area contributed by atoms with Crippen molar-refractivity contribution in [1.82, 2.24) is 0 Å². The summed E-state index contributed by atoms with van der Waals surface area (Å²) in [6, 6.07) is 51.5. The molecule has 1 nitrogen and oxygen atoms in total. The number of fused-ring (bicyclic) bond motifs is 1. The second-order valence-corrected chi connectivity index (χ2v) is 8.72. The SMILES string of the molecule is c1ccc(-c2ccc(-c3ccccc3Nc3cccc(-c4cccc5ccccc45)c3)cc2)cc1. The summed E-state index contributed by atoms with van der Waals surface area (Å²) < 4.78 is 0. The van der Waals surface area contributed by atoms with Gasteiger partial charge in [-0.2, -0.15) is 0 Å². The lowest BCUT2D eigenvalue weighted by atomic mass is 9.97. The number of benzene rings is 6. The molecule has 0 saturated heterocycles. The Morgan fingerprint density at radius 2 is 0.971 bits per heavy atom. The molecule has 0 aliphatic heterocycles. The maximum atomic E-state index is 3.68. The molecule has 0 aromatic heterocycles. The fraction of sp³-hybridized carbons (Fsp3) is 0. The Kier molecular flexibility index (Phi) is 5.58. The second-order valence-electron chi connectivity index (χ2n) is 8.72. The van der Waals surface area contributed by atoms with Crippen LogP contribution in [0.1, 0.15) is 0 Å². The summed E-state index contributed by atoms with van der Waals surface area (Å²) >= 11 is 0. The molecule has 0 aliphatic rings. The summed E-state index contributed by atoms with van der Waals surface area (Å²) in [7, 11) is 0. The Balaban J connectivity index is 1.32. The number of para-hydroxylation sites is 1. The molecule has 0 atom stereocenters. The van der Waals surface area contributed by atoms with Gasteiger partial charge in [0.15, 0.2) is 0 Å². The predicted octanol–water partition coefficient (Wildman–Crippen LogP) is 9.58. The highest BCUT2D eigenvalue weighted by atomic mass is 14.9. The van der Waals surface area contributed by atoms with Crippen molar-refractivity contribution in [3.8, 4) is 33.4 Å². The quantitative estimate of drug-likeness (QED) is 0.277. The van der Waals surface area contributed by atoms with Crippen LogP contribution in [0.4, 0.5) is 11.4 Å². The van der Waals surface area contributed by atoms with E-state index < -0.39 is 0 Å². The van der Waals surface area contributed by atoms with Gasteiger partial charge in [-0.1, -0.05) is 127 Å². The zero-order valence-electron chi connectivity index (χ0n) is 19.4. The van der Waals surface area contributed by atoms with E-state index in [1.165, 1.54) is 44.2 Å². The molecule has 6 aromatic rings. The van der Waals surface area contributed by atoms with Crippen molar-refractivity contribution in [2.24, 2.45) is 0 Å². The van der Waals surface area contributed by atoms with Crippen LogP contribution >= 0.6 is 0 Å². The Hall–Kier alpha value is -4.62. The van der Waals surface area contributed by atoms with Gasteiger partial charge in [0.05, 0.1) is 0 Å². The van der Waals surface area contributed by atoms with Gasteiger partial charge in [0.25, 0.3) is 0 Å². The average Bonchev–Trinajstić information content (AvgIpc) is 2.94. The molecule has 0 heterocycles.